The molecule has 2 heteroatoms. The fraction of sp³-hybridized carbons (Fsp3) is 0. The van der Waals surface area contributed by atoms with E-state index in [1.165, 1.54) is 12.4 Å². The first-order valence-electron chi connectivity index (χ1n) is 3.61. The Labute approximate surface area is 72.1 Å². The van der Waals surface area contributed by atoms with Crippen molar-refractivity contribution in [1.29, 1.82) is 0 Å². The molecule has 0 heterocycles. The van der Waals surface area contributed by atoms with Gasteiger partial charge in [-0.1, -0.05) is 25.3 Å². The number of nitrogens with zero attached hydrogens (tertiary/aromatic N) is 2. The molecule has 1 rings (SSSR count). The third-order valence-electron chi connectivity index (χ3n) is 1.34. The van der Waals surface area contributed by atoms with E-state index in [1.54, 1.807) is 0 Å². The fourth-order valence-electron chi connectivity index (χ4n) is 0.879. The van der Waals surface area contributed by atoms with Gasteiger partial charge in [0, 0.05) is 12.4 Å². The summed E-state index contributed by atoms with van der Waals surface area (Å²) in [6.07, 6.45) is 10.6. The van der Waals surface area contributed by atoms with Gasteiger partial charge in [0.25, 0.3) is 0 Å². The van der Waals surface area contributed by atoms with Crippen molar-refractivity contribution in [2.24, 2.45) is 9.98 Å². The van der Waals surface area contributed by atoms with Crippen LogP contribution in [-0.4, -0.2) is 11.4 Å². The molecule has 1 aliphatic carbocycles. The van der Waals surface area contributed by atoms with Crippen molar-refractivity contribution in [3.63, 3.8) is 0 Å². The topological polar surface area (TPSA) is 24.7 Å². The smallest absolute Gasteiger partial charge is 0.0885 e. The van der Waals surface area contributed by atoms with Gasteiger partial charge in [0.05, 0.1) is 11.4 Å². The van der Waals surface area contributed by atoms with E-state index in [4.69, 9.17) is 0 Å². The van der Waals surface area contributed by atoms with Crippen LogP contribution in [0.1, 0.15) is 0 Å². The van der Waals surface area contributed by atoms with E-state index in [0.717, 1.165) is 11.4 Å². The van der Waals surface area contributed by atoms with E-state index in [9.17, 15) is 0 Å². The second kappa shape index (κ2) is 4.23. The largest absolute Gasteiger partial charge is 0.255 e. The summed E-state index contributed by atoms with van der Waals surface area (Å²) in [5, 5.41) is 0. The van der Waals surface area contributed by atoms with Gasteiger partial charge in [-0.3, -0.25) is 9.98 Å². The maximum Gasteiger partial charge on any atom is 0.0885 e. The molecule has 0 aromatic carbocycles. The summed E-state index contributed by atoms with van der Waals surface area (Å²) >= 11 is 0. The minimum atomic E-state index is 0.812. The van der Waals surface area contributed by atoms with E-state index in [1.807, 2.05) is 24.3 Å². The number of rotatable bonds is 2. The molecule has 0 atom stereocenters. The number of aliphatic imine (C=N–C) groups is 2. The summed E-state index contributed by atoms with van der Waals surface area (Å²) in [5.74, 6) is 0. The predicted molar refractivity (Wildman–Crippen MR) is 53.5 cm³/mol. The monoisotopic (exact) mass is 158 g/mol. The Morgan fingerprint density at radius 3 is 1.67 bits per heavy atom. The average molecular weight is 158 g/mol. The maximum absolute atomic E-state index is 4.05. The lowest BCUT2D eigenvalue weighted by molar-refractivity contribution is 1.56. The summed E-state index contributed by atoms with van der Waals surface area (Å²) in [7, 11) is 0. The molecule has 1 aliphatic rings. The normalized spacial score (nSPS) is 21.7. The van der Waals surface area contributed by atoms with Crippen LogP contribution >= 0.6 is 0 Å². The molecular formula is C10H10N2. The van der Waals surface area contributed by atoms with Crippen LogP contribution in [0.25, 0.3) is 0 Å². The van der Waals surface area contributed by atoms with Crippen LogP contribution in [0.5, 0.6) is 0 Å². The zero-order chi connectivity index (χ0) is 8.81. The molecule has 0 saturated carbocycles. The van der Waals surface area contributed by atoms with Crippen molar-refractivity contribution in [3.05, 3.63) is 49.9 Å². The molecule has 60 valence electrons. The Morgan fingerprint density at radius 2 is 1.33 bits per heavy atom. The van der Waals surface area contributed by atoms with Gasteiger partial charge in [0.2, 0.25) is 0 Å². The van der Waals surface area contributed by atoms with Crippen LogP contribution in [-0.2, 0) is 0 Å². The minimum Gasteiger partial charge on any atom is -0.255 e. The van der Waals surface area contributed by atoms with E-state index in [0.29, 0.717) is 0 Å². The minimum absolute atomic E-state index is 0.812. The molecule has 0 aromatic rings. The van der Waals surface area contributed by atoms with Gasteiger partial charge < -0.3 is 0 Å². The van der Waals surface area contributed by atoms with Crippen molar-refractivity contribution in [2.75, 3.05) is 0 Å². The van der Waals surface area contributed by atoms with Crippen molar-refractivity contribution < 1.29 is 0 Å². The Kier molecular flexibility index (Phi) is 2.96. The van der Waals surface area contributed by atoms with Crippen LogP contribution in [0, 0.1) is 0 Å². The third kappa shape index (κ3) is 1.89. The first kappa shape index (κ1) is 8.40. The van der Waals surface area contributed by atoms with Crippen molar-refractivity contribution in [2.45, 2.75) is 0 Å². The van der Waals surface area contributed by atoms with Crippen LogP contribution in [0.4, 0.5) is 0 Å². The number of hydrogen-bond acceptors (Lipinski definition) is 2. The quantitative estimate of drug-likeness (QED) is 0.551. The van der Waals surface area contributed by atoms with E-state index in [-0.39, 0.29) is 0 Å². The van der Waals surface area contributed by atoms with Gasteiger partial charge in [0.15, 0.2) is 0 Å². The molecule has 0 bridgehead atoms. The zero-order valence-corrected chi connectivity index (χ0v) is 6.77. The van der Waals surface area contributed by atoms with Gasteiger partial charge in [-0.15, -0.1) is 0 Å². The Balaban J connectivity index is 3.00. The lowest BCUT2D eigenvalue weighted by Crippen LogP contribution is -2.10. The summed E-state index contributed by atoms with van der Waals surface area (Å²) in [6, 6.07) is 0. The maximum atomic E-state index is 4.05. The fourth-order valence-corrected chi connectivity index (χ4v) is 0.879. The summed E-state index contributed by atoms with van der Waals surface area (Å²) in [5.41, 5.74) is 1.62. The molecule has 0 N–H and O–H groups in total. The molecule has 0 unspecified atom stereocenters. The standard InChI is InChI=1S/C10H10N2/c1-3-11-9-7-5-6-8-10(9)12-4-2/h3-8H,1-2H2. The second-order valence-corrected chi connectivity index (χ2v) is 2.11. The van der Waals surface area contributed by atoms with Crippen LogP contribution in [0.15, 0.2) is 59.8 Å². The number of hydrogen-bond donors (Lipinski definition) is 0. The van der Waals surface area contributed by atoms with E-state index in [2.05, 4.69) is 23.1 Å². The second-order valence-electron chi connectivity index (χ2n) is 2.11. The molecule has 0 amide bonds. The van der Waals surface area contributed by atoms with E-state index < -0.39 is 0 Å². The summed E-state index contributed by atoms with van der Waals surface area (Å²) in [6.45, 7) is 7.05. The van der Waals surface area contributed by atoms with Gasteiger partial charge in [-0.2, -0.15) is 0 Å². The lowest BCUT2D eigenvalue weighted by atomic mass is 10.1. The number of allylic oxidation sites excluding steroid dienone is 4. The lowest BCUT2D eigenvalue weighted by Gasteiger charge is -2.01. The molecule has 0 saturated heterocycles. The van der Waals surface area contributed by atoms with E-state index >= 15 is 0 Å². The van der Waals surface area contributed by atoms with Crippen LogP contribution in [0.3, 0.4) is 0 Å². The van der Waals surface area contributed by atoms with Gasteiger partial charge in [0.1, 0.15) is 0 Å². The van der Waals surface area contributed by atoms with Crippen molar-refractivity contribution >= 4 is 11.4 Å². The van der Waals surface area contributed by atoms with Crippen molar-refractivity contribution in [3.8, 4) is 0 Å². The first-order valence-corrected chi connectivity index (χ1v) is 3.61. The highest BCUT2D eigenvalue weighted by Gasteiger charge is 2.02. The Morgan fingerprint density at radius 1 is 0.917 bits per heavy atom. The van der Waals surface area contributed by atoms with Crippen LogP contribution < -0.4 is 0 Å². The molecular weight excluding hydrogens is 148 g/mol. The van der Waals surface area contributed by atoms with Gasteiger partial charge in [-0.05, 0) is 12.2 Å². The molecule has 2 nitrogen and oxygen atoms in total. The highest BCUT2D eigenvalue weighted by molar-refractivity contribution is 6.51. The molecule has 0 fully saturated rings. The van der Waals surface area contributed by atoms with Crippen LogP contribution in [0.2, 0.25) is 0 Å². The average Bonchev–Trinajstić information content (AvgIpc) is 2.09. The molecule has 0 aliphatic heterocycles. The predicted octanol–water partition coefficient (Wildman–Crippen LogP) is 2.28. The molecule has 12 heavy (non-hydrogen) atoms. The third-order valence-corrected chi connectivity index (χ3v) is 1.34. The highest BCUT2D eigenvalue weighted by atomic mass is 14.8. The molecule has 0 spiro atoms. The Hall–Kier alpha value is -1.70. The Bertz CT molecular complexity index is 272. The SMILES string of the molecule is C=CN=C1C=CC=CC1=NC=C. The van der Waals surface area contributed by atoms with Crippen molar-refractivity contribution in [1.82, 2.24) is 0 Å². The molecule has 0 radical (unpaired) electrons. The zero-order valence-electron chi connectivity index (χ0n) is 6.77. The first-order chi connectivity index (χ1) is 5.88. The van der Waals surface area contributed by atoms with Gasteiger partial charge in [-0.25, -0.2) is 0 Å². The van der Waals surface area contributed by atoms with Gasteiger partial charge >= 0.3 is 0 Å². The summed E-state index contributed by atoms with van der Waals surface area (Å²) < 4.78 is 0. The summed E-state index contributed by atoms with van der Waals surface area (Å²) in [4.78, 5) is 8.10. The molecule has 0 aromatic heterocycles. The highest BCUT2D eigenvalue weighted by Crippen LogP contribution is 1.99.